The van der Waals surface area contributed by atoms with Crippen LogP contribution in [0.5, 0.6) is 0 Å². The van der Waals surface area contributed by atoms with E-state index in [0.29, 0.717) is 18.8 Å². The number of para-hydroxylation sites is 1. The first-order valence-corrected chi connectivity index (χ1v) is 10.1. The average Bonchev–Trinajstić information content (AvgIpc) is 2.68. The highest BCUT2D eigenvalue weighted by molar-refractivity contribution is 7.85. The summed E-state index contributed by atoms with van der Waals surface area (Å²) in [5.74, 6) is 0.293. The zero-order valence-electron chi connectivity index (χ0n) is 15.0. The SMILES string of the molecule is CC(C)/C=C/C1=[N+](CCCCS(=O)(=O)O)c2ccccc2C1(C)C. The van der Waals surface area contributed by atoms with Crippen LogP contribution in [0.15, 0.2) is 36.4 Å². The minimum absolute atomic E-state index is 0.0783. The lowest BCUT2D eigenvalue weighted by molar-refractivity contribution is -0.438. The van der Waals surface area contributed by atoms with Crippen molar-refractivity contribution in [1.82, 2.24) is 0 Å². The van der Waals surface area contributed by atoms with Crippen molar-refractivity contribution in [3.05, 3.63) is 42.0 Å². The molecule has 0 spiro atoms. The van der Waals surface area contributed by atoms with E-state index in [1.165, 1.54) is 17.0 Å². The summed E-state index contributed by atoms with van der Waals surface area (Å²) in [7, 11) is -3.88. The molecule has 1 N–H and O–H groups in total. The first kappa shape index (κ1) is 18.9. The first-order chi connectivity index (χ1) is 11.1. The maximum Gasteiger partial charge on any atom is 0.264 e. The number of hydrogen-bond donors (Lipinski definition) is 1. The Morgan fingerprint density at radius 1 is 1.21 bits per heavy atom. The summed E-state index contributed by atoms with van der Waals surface area (Å²) >= 11 is 0. The Bertz CT molecular complexity index is 759. The van der Waals surface area contributed by atoms with Gasteiger partial charge in [-0.2, -0.15) is 13.0 Å². The van der Waals surface area contributed by atoms with Gasteiger partial charge in [0.25, 0.3) is 10.1 Å². The second-order valence-corrected chi connectivity index (χ2v) is 8.85. The fourth-order valence-corrected chi connectivity index (χ4v) is 3.79. The molecule has 0 amide bonds. The molecule has 0 aliphatic carbocycles. The van der Waals surface area contributed by atoms with Crippen molar-refractivity contribution >= 4 is 21.5 Å². The molecular weight excluding hydrogens is 322 g/mol. The van der Waals surface area contributed by atoms with Gasteiger partial charge in [0, 0.05) is 24.1 Å². The molecule has 0 aromatic heterocycles. The van der Waals surface area contributed by atoms with Gasteiger partial charge < -0.3 is 0 Å². The molecule has 1 aromatic carbocycles. The predicted molar refractivity (Wildman–Crippen MR) is 98.9 cm³/mol. The highest BCUT2D eigenvalue weighted by atomic mass is 32.2. The molecule has 1 aromatic rings. The summed E-state index contributed by atoms with van der Waals surface area (Å²) in [4.78, 5) is 0. The number of allylic oxidation sites excluding steroid dienone is 2. The van der Waals surface area contributed by atoms with Crippen LogP contribution in [-0.4, -0.2) is 35.6 Å². The Morgan fingerprint density at radius 2 is 1.88 bits per heavy atom. The molecule has 2 rings (SSSR count). The van der Waals surface area contributed by atoms with E-state index in [1.54, 1.807) is 0 Å². The maximum absolute atomic E-state index is 10.9. The first-order valence-electron chi connectivity index (χ1n) is 8.51. The number of unbranched alkanes of at least 4 members (excludes halogenated alkanes) is 1. The molecule has 0 fully saturated rings. The molecule has 132 valence electrons. The van der Waals surface area contributed by atoms with Gasteiger partial charge in [-0.3, -0.25) is 4.55 Å². The van der Waals surface area contributed by atoms with Gasteiger partial charge in [-0.25, -0.2) is 0 Å². The minimum Gasteiger partial charge on any atom is -0.286 e. The number of benzene rings is 1. The van der Waals surface area contributed by atoms with Gasteiger partial charge in [0.2, 0.25) is 5.69 Å². The molecule has 5 heteroatoms. The summed E-state index contributed by atoms with van der Waals surface area (Å²) in [6.45, 7) is 9.51. The summed E-state index contributed by atoms with van der Waals surface area (Å²) in [6, 6.07) is 8.38. The highest BCUT2D eigenvalue weighted by Gasteiger charge is 2.43. The lowest BCUT2D eigenvalue weighted by Gasteiger charge is -2.15. The summed E-state index contributed by atoms with van der Waals surface area (Å²) in [5.41, 5.74) is 3.65. The molecule has 24 heavy (non-hydrogen) atoms. The van der Waals surface area contributed by atoms with Crippen LogP contribution >= 0.6 is 0 Å². The second-order valence-electron chi connectivity index (χ2n) is 7.28. The van der Waals surface area contributed by atoms with E-state index in [1.807, 2.05) is 6.07 Å². The van der Waals surface area contributed by atoms with Crippen LogP contribution in [0.1, 0.15) is 46.1 Å². The third-order valence-corrected chi connectivity index (χ3v) is 5.28. The van der Waals surface area contributed by atoms with Gasteiger partial charge in [0.15, 0.2) is 5.71 Å². The van der Waals surface area contributed by atoms with Crippen LogP contribution < -0.4 is 0 Å². The molecular formula is C19H28NO3S+. The van der Waals surface area contributed by atoms with E-state index in [4.69, 9.17) is 4.55 Å². The van der Waals surface area contributed by atoms with Crippen molar-refractivity contribution in [2.45, 2.75) is 46.0 Å². The van der Waals surface area contributed by atoms with Crippen LogP contribution in [-0.2, 0) is 15.5 Å². The Balaban J connectivity index is 2.31. The fraction of sp³-hybridized carbons (Fsp3) is 0.526. The Labute approximate surface area is 145 Å². The zero-order valence-corrected chi connectivity index (χ0v) is 15.8. The molecule has 0 bridgehead atoms. The standard InChI is InChI=1S/C19H27NO3S/c1-15(2)11-12-18-19(3,4)16-9-5-6-10-17(16)20(18)13-7-8-14-24(21,22)23/h5-6,9-12,15H,7-8,13-14H2,1-4H3/p+1/b12-11+. The van der Waals surface area contributed by atoms with Gasteiger partial charge >= 0.3 is 0 Å². The Kier molecular flexibility index (Phi) is 5.66. The molecule has 0 saturated carbocycles. The lowest BCUT2D eigenvalue weighted by atomic mass is 9.81. The monoisotopic (exact) mass is 350 g/mol. The number of rotatable bonds is 7. The van der Waals surface area contributed by atoms with E-state index in [0.717, 1.165) is 6.54 Å². The molecule has 4 nitrogen and oxygen atoms in total. The predicted octanol–water partition coefficient (Wildman–Crippen LogP) is 3.94. The molecule has 0 saturated heterocycles. The topological polar surface area (TPSA) is 57.4 Å². The molecule has 1 aliphatic heterocycles. The lowest BCUT2D eigenvalue weighted by Crippen LogP contribution is -2.28. The maximum atomic E-state index is 10.9. The van der Waals surface area contributed by atoms with E-state index < -0.39 is 10.1 Å². The molecule has 1 heterocycles. The number of nitrogens with zero attached hydrogens (tertiary/aromatic N) is 1. The quantitative estimate of drug-likeness (QED) is 0.460. The average molecular weight is 351 g/mol. The van der Waals surface area contributed by atoms with Gasteiger partial charge in [-0.15, -0.1) is 0 Å². The van der Waals surface area contributed by atoms with E-state index in [2.05, 4.69) is 62.6 Å². The third kappa shape index (κ3) is 4.33. The molecule has 0 unspecified atom stereocenters. The van der Waals surface area contributed by atoms with Crippen molar-refractivity contribution < 1.29 is 17.5 Å². The van der Waals surface area contributed by atoms with Gasteiger partial charge in [-0.05, 0) is 26.2 Å². The number of hydrogen-bond acceptors (Lipinski definition) is 2. The summed E-state index contributed by atoms with van der Waals surface area (Å²) in [5, 5.41) is 0. The highest BCUT2D eigenvalue weighted by Crippen LogP contribution is 2.39. The van der Waals surface area contributed by atoms with E-state index in [9.17, 15) is 8.42 Å². The smallest absolute Gasteiger partial charge is 0.264 e. The van der Waals surface area contributed by atoms with Gasteiger partial charge in [-0.1, -0.05) is 38.1 Å². The van der Waals surface area contributed by atoms with Crippen LogP contribution in [0.4, 0.5) is 5.69 Å². The molecule has 0 atom stereocenters. The third-order valence-electron chi connectivity index (χ3n) is 4.47. The van der Waals surface area contributed by atoms with Crippen LogP contribution in [0.3, 0.4) is 0 Å². The van der Waals surface area contributed by atoms with Crippen molar-refractivity contribution in [2.75, 3.05) is 12.3 Å². The van der Waals surface area contributed by atoms with Crippen molar-refractivity contribution in [1.29, 1.82) is 0 Å². The second kappa shape index (κ2) is 7.19. The molecule has 0 radical (unpaired) electrons. The van der Waals surface area contributed by atoms with Gasteiger partial charge in [0.05, 0.1) is 11.2 Å². The largest absolute Gasteiger partial charge is 0.286 e. The number of fused-ring (bicyclic) bond motifs is 1. The summed E-state index contributed by atoms with van der Waals surface area (Å²) < 4.78 is 33.0. The van der Waals surface area contributed by atoms with Crippen molar-refractivity contribution in [2.24, 2.45) is 5.92 Å². The van der Waals surface area contributed by atoms with E-state index in [-0.39, 0.29) is 11.2 Å². The van der Waals surface area contributed by atoms with E-state index >= 15 is 0 Å². The Morgan fingerprint density at radius 3 is 2.50 bits per heavy atom. The van der Waals surface area contributed by atoms with Crippen LogP contribution in [0.25, 0.3) is 0 Å². The summed E-state index contributed by atoms with van der Waals surface area (Å²) in [6.07, 6.45) is 5.57. The van der Waals surface area contributed by atoms with Crippen LogP contribution in [0.2, 0.25) is 0 Å². The van der Waals surface area contributed by atoms with Gasteiger partial charge in [0.1, 0.15) is 6.54 Å². The van der Waals surface area contributed by atoms with Crippen molar-refractivity contribution in [3.8, 4) is 0 Å². The molecule has 1 aliphatic rings. The fourth-order valence-electron chi connectivity index (χ4n) is 3.22. The van der Waals surface area contributed by atoms with Crippen LogP contribution in [0, 0.1) is 5.92 Å². The Hall–Kier alpha value is -1.46. The zero-order chi connectivity index (χ0) is 18.0. The minimum atomic E-state index is -3.88. The van der Waals surface area contributed by atoms with Crippen molar-refractivity contribution in [3.63, 3.8) is 0 Å². The normalized spacial score (nSPS) is 17.1.